The normalized spacial score (nSPS) is 17.2. The molecule has 2 fully saturated rings. The molecule has 2 aliphatic rings. The fourth-order valence-corrected chi connectivity index (χ4v) is 10.5. The van der Waals surface area contributed by atoms with E-state index in [0.29, 0.717) is 65.0 Å². The van der Waals surface area contributed by atoms with Crippen LogP contribution in [0.5, 0.6) is 0 Å². The number of nitrogens with one attached hydrogen (secondary N) is 4. The van der Waals surface area contributed by atoms with Crippen LogP contribution in [0.4, 0.5) is 16.2 Å². The van der Waals surface area contributed by atoms with Crippen LogP contribution >= 0.6 is 0 Å². The van der Waals surface area contributed by atoms with Gasteiger partial charge >= 0.3 is 12.1 Å². The monoisotopic (exact) mass is 1130 g/mol. The van der Waals surface area contributed by atoms with Gasteiger partial charge in [0, 0.05) is 47.7 Å². The summed E-state index contributed by atoms with van der Waals surface area (Å²) in [5.74, 6) is -0.569. The molecule has 426 valence electrons. The largest absolute Gasteiger partial charge is 0.478 e. The van der Waals surface area contributed by atoms with Gasteiger partial charge in [0.25, 0.3) is 17.0 Å². The summed E-state index contributed by atoms with van der Waals surface area (Å²) >= 11 is 0. The number of piperidine rings is 2. The van der Waals surface area contributed by atoms with E-state index in [0.717, 1.165) is 65.5 Å². The van der Waals surface area contributed by atoms with Crippen molar-refractivity contribution >= 4 is 60.7 Å². The lowest BCUT2D eigenvalue weighted by Gasteiger charge is -2.38. The van der Waals surface area contributed by atoms with Crippen molar-refractivity contribution in [2.75, 3.05) is 35.0 Å². The van der Waals surface area contributed by atoms with E-state index < -0.39 is 26.0 Å². The van der Waals surface area contributed by atoms with Crippen molar-refractivity contribution in [3.8, 4) is 0 Å². The highest BCUT2D eigenvalue weighted by atomic mass is 32.2. The molecule has 2 aliphatic heterocycles. The van der Waals surface area contributed by atoms with Gasteiger partial charge in [0.05, 0.1) is 58.5 Å². The van der Waals surface area contributed by atoms with E-state index in [1.165, 1.54) is 21.2 Å². The second kappa shape index (κ2) is 25.3. The molecule has 0 spiro atoms. The summed E-state index contributed by atoms with van der Waals surface area (Å²) in [4.78, 5) is 75.2. The molecular weight excluding hydrogens is 1050 g/mol. The summed E-state index contributed by atoms with van der Waals surface area (Å²) < 4.78 is 58.7. The van der Waals surface area contributed by atoms with Crippen LogP contribution in [-0.2, 0) is 31.4 Å². The number of benzene rings is 3. The number of aryl methyl sites for hydroxylation is 4. The molecule has 0 aliphatic carbocycles. The summed E-state index contributed by atoms with van der Waals surface area (Å²) in [5.41, 5.74) is 8.08. The Morgan fingerprint density at radius 3 is 1.53 bits per heavy atom. The number of likely N-dealkylation sites (tertiary alicyclic amines) is 2. The molecule has 0 radical (unpaired) electrons. The molecular formula is C56H74N10O11S2. The SMILES string of the molecule is C.C.Cc1ccc(NS(C)(=O)=O)c(C(=O)N2CCC(C)CC2c2cc3nc(C)c(C)c(=O)n3[nH]2)c1.Cc1ccc(NS(C)(=O)=O)c(C(=O)O)c1.Cc1nc2cc(C3CC(C)CCN3C(=O)OCc3ccccc3)[nH]n2c(=O)c1C. The fourth-order valence-electron chi connectivity index (χ4n) is 9.36. The zero-order chi connectivity index (χ0) is 56.3. The van der Waals surface area contributed by atoms with E-state index in [1.54, 1.807) is 61.8 Å². The minimum Gasteiger partial charge on any atom is -0.478 e. The molecule has 9 rings (SSSR count). The number of carbonyl (C=O) groups is 3. The van der Waals surface area contributed by atoms with E-state index in [-0.39, 0.29) is 73.6 Å². The van der Waals surface area contributed by atoms with Crippen LogP contribution in [-0.4, -0.2) is 105 Å². The molecule has 4 unspecified atom stereocenters. The number of aromatic amines is 2. The number of hydrogen-bond acceptors (Lipinski definition) is 12. The Morgan fingerprint density at radius 2 is 1.08 bits per heavy atom. The first-order valence-corrected chi connectivity index (χ1v) is 28.8. The fraction of sp³-hybridized carbons (Fsp3) is 0.411. The molecule has 3 aromatic carbocycles. The molecule has 0 bridgehead atoms. The van der Waals surface area contributed by atoms with E-state index in [9.17, 15) is 40.8 Å². The number of carbonyl (C=O) groups excluding carboxylic acids is 2. The van der Waals surface area contributed by atoms with E-state index in [2.05, 4.69) is 43.5 Å². The highest BCUT2D eigenvalue weighted by molar-refractivity contribution is 7.92. The molecule has 79 heavy (non-hydrogen) atoms. The van der Waals surface area contributed by atoms with Crippen LogP contribution in [0.1, 0.15) is 138 Å². The van der Waals surface area contributed by atoms with Crippen molar-refractivity contribution in [1.29, 1.82) is 0 Å². The minimum atomic E-state index is -3.55. The third kappa shape index (κ3) is 15.1. The smallest absolute Gasteiger partial charge is 0.410 e. The number of rotatable bonds is 10. The number of fused-ring (bicyclic) bond motifs is 2. The number of ether oxygens (including phenoxy) is 1. The molecule has 6 heterocycles. The van der Waals surface area contributed by atoms with E-state index in [4.69, 9.17) is 9.84 Å². The zero-order valence-electron chi connectivity index (χ0n) is 44.8. The Morgan fingerprint density at radius 1 is 0.646 bits per heavy atom. The lowest BCUT2D eigenvalue weighted by atomic mass is 9.90. The predicted molar refractivity (Wildman–Crippen MR) is 307 cm³/mol. The molecule has 23 heteroatoms. The number of hydrogen-bond donors (Lipinski definition) is 5. The highest BCUT2D eigenvalue weighted by Gasteiger charge is 2.36. The summed E-state index contributed by atoms with van der Waals surface area (Å²) in [6.07, 6.45) is 4.97. The van der Waals surface area contributed by atoms with Crippen LogP contribution in [0, 0.1) is 53.4 Å². The number of aromatic nitrogens is 6. The molecule has 5 N–H and O–H groups in total. The number of amides is 2. The lowest BCUT2D eigenvalue weighted by molar-refractivity contribution is 0.0550. The van der Waals surface area contributed by atoms with Gasteiger partial charge in [-0.1, -0.05) is 82.3 Å². The van der Waals surface area contributed by atoms with Gasteiger partial charge in [-0.25, -0.2) is 45.4 Å². The maximum absolute atomic E-state index is 13.7. The number of sulfonamides is 2. The number of anilines is 2. The van der Waals surface area contributed by atoms with Crippen molar-refractivity contribution in [3.63, 3.8) is 0 Å². The van der Waals surface area contributed by atoms with Gasteiger partial charge in [0.2, 0.25) is 20.0 Å². The zero-order valence-corrected chi connectivity index (χ0v) is 46.4. The molecule has 2 amide bonds. The lowest BCUT2D eigenvalue weighted by Crippen LogP contribution is -2.41. The summed E-state index contributed by atoms with van der Waals surface area (Å²) in [6, 6.07) is 22.4. The van der Waals surface area contributed by atoms with Crippen LogP contribution in [0.3, 0.4) is 0 Å². The minimum absolute atomic E-state index is 0. The van der Waals surface area contributed by atoms with Gasteiger partial charge in [-0.3, -0.25) is 38.9 Å². The number of carboxylic acids is 1. The second-order valence-corrected chi connectivity index (χ2v) is 23.7. The van der Waals surface area contributed by atoms with Gasteiger partial charge in [-0.2, -0.15) is 0 Å². The van der Waals surface area contributed by atoms with Gasteiger partial charge < -0.3 is 14.7 Å². The molecule has 21 nitrogen and oxygen atoms in total. The maximum Gasteiger partial charge on any atom is 0.410 e. The quantitative estimate of drug-likeness (QED) is 0.0856. The van der Waals surface area contributed by atoms with Gasteiger partial charge in [-0.15, -0.1) is 0 Å². The van der Waals surface area contributed by atoms with Crippen LogP contribution < -0.4 is 20.6 Å². The Balaban J connectivity index is 0.000000229. The van der Waals surface area contributed by atoms with Crippen molar-refractivity contribution in [2.24, 2.45) is 11.8 Å². The van der Waals surface area contributed by atoms with E-state index in [1.807, 2.05) is 56.3 Å². The third-order valence-electron chi connectivity index (χ3n) is 13.8. The van der Waals surface area contributed by atoms with Crippen LogP contribution in [0.2, 0.25) is 0 Å². The predicted octanol–water partition coefficient (Wildman–Crippen LogP) is 9.02. The van der Waals surface area contributed by atoms with Crippen LogP contribution in [0.15, 0.2) is 88.5 Å². The number of carboxylic acid groups (broad SMARTS) is 1. The number of H-pyrrole nitrogens is 2. The molecule has 4 atom stereocenters. The topological polar surface area (TPSA) is 280 Å². The Bertz CT molecular complexity index is 3720. The first-order valence-electron chi connectivity index (χ1n) is 25.0. The first-order chi connectivity index (χ1) is 36.2. The standard InChI is InChI=1S/C23H29N5O4S.C22H26N4O3.C9H11NO4S.2CH4/c1-13-6-7-18(26-33(5,31)32)17(10-13)23(30)27-9-8-14(2)11-20(27)19-12-21-24-16(4)15(3)22(29)28(21)25-19;1-14-9-10-25(22(28)29-13-17-7-5-4-6-8-17)19(11-14)18-12-20-23-16(3)15(2)21(27)26(20)24-18;1-6-3-4-8(10-15(2,13)14)7(5-6)9(11)12;;/h6-7,10,12,14,20,25-26H,8-9,11H2,1-5H3;4-8,12,14,19,24H,9-11,13H2,1-3H3;3-5,10H,1-2H3,(H,11,12);2*1H4. The average Bonchev–Trinajstić information content (AvgIpc) is 4.06. The number of nitrogens with zero attached hydrogens (tertiary/aromatic N) is 6. The van der Waals surface area contributed by atoms with Crippen molar-refractivity contribution in [3.05, 3.63) is 161 Å². The highest BCUT2D eigenvalue weighted by Crippen LogP contribution is 2.37. The van der Waals surface area contributed by atoms with Gasteiger partial charge in [0.15, 0.2) is 11.3 Å². The maximum atomic E-state index is 13.7. The molecule has 0 saturated carbocycles. The molecule has 4 aromatic heterocycles. The van der Waals surface area contributed by atoms with E-state index >= 15 is 0 Å². The van der Waals surface area contributed by atoms with Gasteiger partial charge in [-0.05, 0) is 109 Å². The average molecular weight is 1130 g/mol. The molecule has 2 saturated heterocycles. The Labute approximate surface area is 461 Å². The second-order valence-electron chi connectivity index (χ2n) is 20.2. The Kier molecular flexibility index (Phi) is 19.9. The van der Waals surface area contributed by atoms with Crippen molar-refractivity contribution in [2.45, 2.75) is 115 Å². The molecule has 7 aromatic rings. The summed E-state index contributed by atoms with van der Waals surface area (Å²) in [6.45, 7) is 16.4. The van der Waals surface area contributed by atoms with Crippen molar-refractivity contribution in [1.82, 2.24) is 39.0 Å². The van der Waals surface area contributed by atoms with Crippen molar-refractivity contribution < 1.29 is 41.1 Å². The summed E-state index contributed by atoms with van der Waals surface area (Å²) in [5, 5.41) is 15.2. The van der Waals surface area contributed by atoms with Crippen LogP contribution in [0.25, 0.3) is 11.3 Å². The Hall–Kier alpha value is -7.79. The first kappa shape index (κ1) is 62.1. The van der Waals surface area contributed by atoms with Gasteiger partial charge in [0.1, 0.15) is 6.61 Å². The third-order valence-corrected chi connectivity index (χ3v) is 14.9. The number of aromatic carboxylic acids is 1. The summed E-state index contributed by atoms with van der Waals surface area (Å²) in [7, 11) is -7.01.